The Labute approximate surface area is 94.5 Å². The summed E-state index contributed by atoms with van der Waals surface area (Å²) in [6.07, 6.45) is 3.43. The lowest BCUT2D eigenvalue weighted by Gasteiger charge is -2.05. The minimum Gasteiger partial charge on any atom is -0.366 e. The lowest BCUT2D eigenvalue weighted by Crippen LogP contribution is -2.03. The summed E-state index contributed by atoms with van der Waals surface area (Å²) in [5.41, 5.74) is 3.30. The summed E-state index contributed by atoms with van der Waals surface area (Å²) >= 11 is 0. The van der Waals surface area contributed by atoms with Gasteiger partial charge in [-0.1, -0.05) is 0 Å². The molecule has 2 aromatic heterocycles. The molecule has 2 heterocycles. The van der Waals surface area contributed by atoms with Gasteiger partial charge >= 0.3 is 0 Å². The SMILES string of the molecule is Cc1cc(NCc2cnn(C)c2C)ncn1. The van der Waals surface area contributed by atoms with Crippen LogP contribution < -0.4 is 5.32 Å². The molecular formula is C11H15N5. The molecule has 2 aromatic rings. The van der Waals surface area contributed by atoms with Gasteiger partial charge in [-0.05, 0) is 13.8 Å². The van der Waals surface area contributed by atoms with Crippen LogP contribution >= 0.6 is 0 Å². The smallest absolute Gasteiger partial charge is 0.129 e. The third kappa shape index (κ3) is 2.18. The standard InChI is InChI=1S/C11H15N5/c1-8-4-11(14-7-13-8)12-5-10-6-15-16(3)9(10)2/h4,6-7H,5H2,1-3H3,(H,12,13,14). The summed E-state index contributed by atoms with van der Waals surface area (Å²) < 4.78 is 1.86. The number of rotatable bonds is 3. The predicted molar refractivity (Wildman–Crippen MR) is 62.0 cm³/mol. The molecule has 0 amide bonds. The van der Waals surface area contributed by atoms with E-state index in [1.807, 2.05) is 30.9 Å². The molecule has 0 bridgehead atoms. The number of hydrogen-bond donors (Lipinski definition) is 1. The van der Waals surface area contributed by atoms with Crippen LogP contribution in [0.3, 0.4) is 0 Å². The van der Waals surface area contributed by atoms with Gasteiger partial charge in [-0.3, -0.25) is 4.68 Å². The Kier molecular flexibility index (Phi) is 2.85. The molecule has 0 spiro atoms. The first-order valence-electron chi connectivity index (χ1n) is 5.17. The summed E-state index contributed by atoms with van der Waals surface area (Å²) in [5, 5.41) is 7.44. The summed E-state index contributed by atoms with van der Waals surface area (Å²) in [6.45, 7) is 4.73. The van der Waals surface area contributed by atoms with Gasteiger partial charge in [0.2, 0.25) is 0 Å². The molecule has 0 fully saturated rings. The van der Waals surface area contributed by atoms with Crippen LogP contribution in [0, 0.1) is 13.8 Å². The van der Waals surface area contributed by atoms with Gasteiger partial charge in [0.15, 0.2) is 0 Å². The maximum atomic E-state index is 4.19. The maximum Gasteiger partial charge on any atom is 0.129 e. The highest BCUT2D eigenvalue weighted by atomic mass is 15.3. The third-order valence-corrected chi connectivity index (χ3v) is 2.60. The van der Waals surface area contributed by atoms with Crippen molar-refractivity contribution >= 4 is 5.82 Å². The van der Waals surface area contributed by atoms with Crippen LogP contribution in [0.2, 0.25) is 0 Å². The molecule has 0 aliphatic rings. The van der Waals surface area contributed by atoms with E-state index in [4.69, 9.17) is 0 Å². The Morgan fingerprint density at radius 3 is 2.75 bits per heavy atom. The zero-order valence-electron chi connectivity index (χ0n) is 9.73. The first-order chi connectivity index (χ1) is 7.66. The molecule has 0 atom stereocenters. The van der Waals surface area contributed by atoms with Crippen LogP contribution in [0.1, 0.15) is 17.0 Å². The van der Waals surface area contributed by atoms with Crippen molar-refractivity contribution in [1.29, 1.82) is 0 Å². The Bertz CT molecular complexity index is 489. The molecule has 0 aliphatic carbocycles. The van der Waals surface area contributed by atoms with E-state index in [1.165, 1.54) is 11.3 Å². The second-order valence-electron chi connectivity index (χ2n) is 3.78. The van der Waals surface area contributed by atoms with Crippen molar-refractivity contribution in [3.8, 4) is 0 Å². The summed E-state index contributed by atoms with van der Waals surface area (Å²) in [5.74, 6) is 0.843. The van der Waals surface area contributed by atoms with Gasteiger partial charge in [-0.2, -0.15) is 5.10 Å². The Balaban J connectivity index is 2.05. The number of aromatic nitrogens is 4. The Morgan fingerprint density at radius 2 is 2.12 bits per heavy atom. The van der Waals surface area contributed by atoms with Crippen LogP contribution in [0.4, 0.5) is 5.82 Å². The first-order valence-corrected chi connectivity index (χ1v) is 5.17. The molecule has 0 radical (unpaired) electrons. The zero-order chi connectivity index (χ0) is 11.5. The van der Waals surface area contributed by atoms with E-state index in [1.54, 1.807) is 6.33 Å². The average Bonchev–Trinajstić information content (AvgIpc) is 2.57. The molecule has 5 heteroatoms. The van der Waals surface area contributed by atoms with Crippen molar-refractivity contribution in [2.45, 2.75) is 20.4 Å². The highest BCUT2D eigenvalue weighted by Crippen LogP contribution is 2.09. The first kappa shape index (κ1) is 10.6. The van der Waals surface area contributed by atoms with Crippen LogP contribution in [0.5, 0.6) is 0 Å². The normalized spacial score (nSPS) is 10.4. The fourth-order valence-electron chi connectivity index (χ4n) is 1.45. The molecule has 0 aliphatic heterocycles. The number of anilines is 1. The summed E-state index contributed by atoms with van der Waals surface area (Å²) in [4.78, 5) is 8.19. The maximum absolute atomic E-state index is 4.19. The van der Waals surface area contributed by atoms with E-state index < -0.39 is 0 Å². The fraction of sp³-hybridized carbons (Fsp3) is 0.364. The van der Waals surface area contributed by atoms with Gasteiger partial charge in [0.25, 0.3) is 0 Å². The Morgan fingerprint density at radius 1 is 1.31 bits per heavy atom. The second kappa shape index (κ2) is 4.30. The molecule has 16 heavy (non-hydrogen) atoms. The number of hydrogen-bond acceptors (Lipinski definition) is 4. The van der Waals surface area contributed by atoms with Gasteiger partial charge in [0.1, 0.15) is 12.1 Å². The number of aryl methyl sites for hydroxylation is 2. The van der Waals surface area contributed by atoms with Crippen molar-refractivity contribution in [2.75, 3.05) is 5.32 Å². The van der Waals surface area contributed by atoms with E-state index in [9.17, 15) is 0 Å². The second-order valence-corrected chi connectivity index (χ2v) is 3.78. The van der Waals surface area contributed by atoms with Crippen molar-refractivity contribution in [1.82, 2.24) is 19.7 Å². The molecule has 0 unspecified atom stereocenters. The number of nitrogens with one attached hydrogen (secondary N) is 1. The average molecular weight is 217 g/mol. The minimum atomic E-state index is 0.732. The monoisotopic (exact) mass is 217 g/mol. The largest absolute Gasteiger partial charge is 0.366 e. The quantitative estimate of drug-likeness (QED) is 0.845. The van der Waals surface area contributed by atoms with Crippen molar-refractivity contribution in [3.05, 3.63) is 35.5 Å². The fourth-order valence-corrected chi connectivity index (χ4v) is 1.45. The molecule has 1 N–H and O–H groups in total. The topological polar surface area (TPSA) is 55.6 Å². The van der Waals surface area contributed by atoms with Gasteiger partial charge in [0, 0.05) is 36.6 Å². The molecule has 2 rings (SSSR count). The van der Waals surface area contributed by atoms with Crippen LogP contribution in [-0.4, -0.2) is 19.7 Å². The van der Waals surface area contributed by atoms with Crippen LogP contribution in [0.15, 0.2) is 18.6 Å². The molecule has 0 saturated heterocycles. The minimum absolute atomic E-state index is 0.732. The molecular weight excluding hydrogens is 202 g/mol. The third-order valence-electron chi connectivity index (χ3n) is 2.60. The van der Waals surface area contributed by atoms with Crippen molar-refractivity contribution < 1.29 is 0 Å². The molecule has 84 valence electrons. The van der Waals surface area contributed by atoms with Gasteiger partial charge in [0.05, 0.1) is 6.20 Å². The van der Waals surface area contributed by atoms with E-state index in [0.717, 1.165) is 18.1 Å². The summed E-state index contributed by atoms with van der Waals surface area (Å²) in [7, 11) is 1.94. The van der Waals surface area contributed by atoms with Crippen molar-refractivity contribution in [2.24, 2.45) is 7.05 Å². The van der Waals surface area contributed by atoms with Crippen LogP contribution in [-0.2, 0) is 13.6 Å². The van der Waals surface area contributed by atoms with E-state index in [0.29, 0.717) is 0 Å². The van der Waals surface area contributed by atoms with E-state index in [2.05, 4.69) is 27.3 Å². The van der Waals surface area contributed by atoms with Gasteiger partial charge in [-0.15, -0.1) is 0 Å². The van der Waals surface area contributed by atoms with Crippen LogP contribution in [0.25, 0.3) is 0 Å². The predicted octanol–water partition coefficient (Wildman–Crippen LogP) is 1.44. The summed E-state index contributed by atoms with van der Waals surface area (Å²) in [6, 6.07) is 1.92. The molecule has 0 aromatic carbocycles. The number of nitrogens with zero attached hydrogens (tertiary/aromatic N) is 4. The highest BCUT2D eigenvalue weighted by molar-refractivity contribution is 5.36. The Hall–Kier alpha value is -1.91. The van der Waals surface area contributed by atoms with Gasteiger partial charge < -0.3 is 5.32 Å². The van der Waals surface area contributed by atoms with E-state index >= 15 is 0 Å². The lowest BCUT2D eigenvalue weighted by molar-refractivity contribution is 0.738. The van der Waals surface area contributed by atoms with Gasteiger partial charge in [-0.25, -0.2) is 9.97 Å². The molecule has 0 saturated carbocycles. The van der Waals surface area contributed by atoms with Crippen molar-refractivity contribution in [3.63, 3.8) is 0 Å². The molecule has 5 nitrogen and oxygen atoms in total. The van der Waals surface area contributed by atoms with E-state index in [-0.39, 0.29) is 0 Å². The highest BCUT2D eigenvalue weighted by Gasteiger charge is 2.03. The lowest BCUT2D eigenvalue weighted by atomic mass is 10.2. The zero-order valence-corrected chi connectivity index (χ0v) is 9.73.